The third-order valence-corrected chi connectivity index (χ3v) is 10.3. The predicted molar refractivity (Wildman–Crippen MR) is 195 cm³/mol. The van der Waals surface area contributed by atoms with Crippen LogP contribution in [0.4, 0.5) is 34.1 Å². The molecule has 0 spiro atoms. The molecular weight excluding hydrogens is 557 g/mol. The molecular formula is C42H38BN3. The molecule has 1 aliphatic carbocycles. The van der Waals surface area contributed by atoms with Gasteiger partial charge < -0.3 is 14.4 Å². The summed E-state index contributed by atoms with van der Waals surface area (Å²) < 4.78 is 2.66. The van der Waals surface area contributed by atoms with Crippen molar-refractivity contribution in [2.24, 2.45) is 0 Å². The number of hydrogen-bond donors (Lipinski definition) is 0. The number of aromatic nitrogens is 1. The molecule has 0 amide bonds. The van der Waals surface area contributed by atoms with E-state index in [1.54, 1.807) is 0 Å². The van der Waals surface area contributed by atoms with Crippen molar-refractivity contribution >= 4 is 57.4 Å². The van der Waals surface area contributed by atoms with Gasteiger partial charge in [-0.15, -0.1) is 0 Å². The van der Waals surface area contributed by atoms with Crippen LogP contribution in [-0.4, -0.2) is 11.3 Å². The minimum absolute atomic E-state index is 0.0294. The van der Waals surface area contributed by atoms with Crippen LogP contribution in [0, 0.1) is 0 Å². The fraction of sp³-hybridized carbons (Fsp3) is 0.190. The van der Waals surface area contributed by atoms with E-state index in [2.05, 4.69) is 163 Å². The summed E-state index contributed by atoms with van der Waals surface area (Å²) >= 11 is 0. The molecule has 5 aromatic carbocycles. The molecule has 3 heterocycles. The first-order valence-electron chi connectivity index (χ1n) is 16.8. The van der Waals surface area contributed by atoms with E-state index in [9.17, 15) is 0 Å². The molecule has 0 saturated carbocycles. The minimum Gasteiger partial charge on any atom is -0.323 e. The standard InChI is InChI=1S/C42H38BN3/c1-42(2,3)29-27-37-39-38(28-29)45(31-19-9-5-10-20-31)40-33-23-13-15-25-35(33)46(32-21-11-6-12-22-32)41(40)43(39)34-24-14-16-26-36(34)44(37)30-17-7-4-8-18-30/h4-12,14,16-22,24,26-28H,13,15,23,25H2,1-3H3. The number of nitrogens with zero attached hydrogens (tertiary/aromatic N) is 3. The molecule has 0 fully saturated rings. The lowest BCUT2D eigenvalue weighted by molar-refractivity contribution is 0.590. The summed E-state index contributed by atoms with van der Waals surface area (Å²) in [4.78, 5) is 5.14. The van der Waals surface area contributed by atoms with E-state index in [4.69, 9.17) is 0 Å². The normalized spacial score (nSPS) is 14.8. The monoisotopic (exact) mass is 595 g/mol. The lowest BCUT2D eigenvalue weighted by atomic mass is 9.34. The van der Waals surface area contributed by atoms with Crippen LogP contribution in [0.3, 0.4) is 0 Å². The van der Waals surface area contributed by atoms with Crippen LogP contribution in [0.5, 0.6) is 0 Å². The van der Waals surface area contributed by atoms with Gasteiger partial charge >= 0.3 is 0 Å². The van der Waals surface area contributed by atoms with Crippen molar-refractivity contribution in [2.45, 2.75) is 51.9 Å². The van der Waals surface area contributed by atoms with Gasteiger partial charge in [-0.2, -0.15) is 0 Å². The lowest BCUT2D eigenvalue weighted by Gasteiger charge is -2.44. The lowest BCUT2D eigenvalue weighted by Crippen LogP contribution is -2.63. The molecule has 224 valence electrons. The molecule has 9 rings (SSSR count). The number of fused-ring (bicyclic) bond motifs is 6. The molecule has 0 saturated heterocycles. The fourth-order valence-corrected chi connectivity index (χ4v) is 8.23. The number of para-hydroxylation sites is 4. The minimum atomic E-state index is -0.0294. The van der Waals surface area contributed by atoms with Crippen molar-refractivity contribution in [3.63, 3.8) is 0 Å². The van der Waals surface area contributed by atoms with E-state index >= 15 is 0 Å². The summed E-state index contributed by atoms with van der Waals surface area (Å²) in [5, 5.41) is 0. The Bertz CT molecular complexity index is 2090. The first-order chi connectivity index (χ1) is 22.5. The molecule has 46 heavy (non-hydrogen) atoms. The number of anilines is 6. The molecule has 0 radical (unpaired) electrons. The number of benzene rings is 5. The van der Waals surface area contributed by atoms with E-state index in [1.165, 1.54) is 86.0 Å². The highest BCUT2D eigenvalue weighted by molar-refractivity contribution is 7.00. The summed E-state index contributed by atoms with van der Waals surface area (Å²) in [5.41, 5.74) is 17.4. The van der Waals surface area contributed by atoms with E-state index in [1.807, 2.05) is 0 Å². The molecule has 1 aromatic heterocycles. The summed E-state index contributed by atoms with van der Waals surface area (Å²) in [5.74, 6) is 0. The zero-order valence-electron chi connectivity index (χ0n) is 26.9. The Morgan fingerprint density at radius 3 is 1.76 bits per heavy atom. The maximum absolute atomic E-state index is 2.66. The highest BCUT2D eigenvalue weighted by Gasteiger charge is 2.48. The fourth-order valence-electron chi connectivity index (χ4n) is 8.23. The highest BCUT2D eigenvalue weighted by atomic mass is 15.2. The SMILES string of the molecule is CC(C)(C)c1cc2c3c(c1)N(c1ccccc1)c1c4c(n(-c5ccccc5)c1B3c1ccccc1N2c1ccccc1)CCCC4. The third kappa shape index (κ3) is 3.99. The first-order valence-corrected chi connectivity index (χ1v) is 16.8. The quantitative estimate of drug-likeness (QED) is 0.189. The second-order valence-corrected chi connectivity index (χ2v) is 14.0. The van der Waals surface area contributed by atoms with Crippen LogP contribution in [0.25, 0.3) is 5.69 Å². The molecule has 6 aromatic rings. The average molecular weight is 596 g/mol. The van der Waals surface area contributed by atoms with Crippen LogP contribution < -0.4 is 26.3 Å². The summed E-state index contributed by atoms with van der Waals surface area (Å²) in [7, 11) is 0. The Labute approximate surface area is 272 Å². The van der Waals surface area contributed by atoms with Gasteiger partial charge in [0.15, 0.2) is 0 Å². The number of rotatable bonds is 3. The smallest absolute Gasteiger partial charge is 0.273 e. The molecule has 0 N–H and O–H groups in total. The molecule has 0 atom stereocenters. The van der Waals surface area contributed by atoms with Crippen molar-refractivity contribution in [1.29, 1.82) is 0 Å². The van der Waals surface area contributed by atoms with Crippen molar-refractivity contribution in [2.75, 3.05) is 9.80 Å². The molecule has 0 bridgehead atoms. The molecule has 2 aliphatic heterocycles. The molecule has 0 unspecified atom stereocenters. The molecule has 4 heteroatoms. The van der Waals surface area contributed by atoms with E-state index in [0.717, 1.165) is 12.8 Å². The van der Waals surface area contributed by atoms with Crippen LogP contribution in [-0.2, 0) is 18.3 Å². The van der Waals surface area contributed by atoms with E-state index in [-0.39, 0.29) is 12.1 Å². The van der Waals surface area contributed by atoms with Crippen LogP contribution in [0.15, 0.2) is 127 Å². The Balaban J connectivity index is 1.47. The maximum atomic E-state index is 2.66. The van der Waals surface area contributed by atoms with Gasteiger partial charge in [-0.05, 0) is 108 Å². The van der Waals surface area contributed by atoms with Gasteiger partial charge in [0.2, 0.25) is 0 Å². The van der Waals surface area contributed by atoms with Gasteiger partial charge in [0.1, 0.15) is 0 Å². The van der Waals surface area contributed by atoms with Crippen LogP contribution in [0.1, 0.15) is 50.4 Å². The Morgan fingerprint density at radius 1 is 0.565 bits per heavy atom. The predicted octanol–water partition coefficient (Wildman–Crippen LogP) is 8.74. The van der Waals surface area contributed by atoms with Gasteiger partial charge in [0.05, 0.1) is 5.69 Å². The average Bonchev–Trinajstić information content (AvgIpc) is 3.43. The highest BCUT2D eigenvalue weighted by Crippen LogP contribution is 2.48. The Hall–Kier alpha value is -4.96. The second-order valence-electron chi connectivity index (χ2n) is 14.0. The van der Waals surface area contributed by atoms with E-state index < -0.39 is 0 Å². The van der Waals surface area contributed by atoms with Gasteiger partial charge in [0, 0.05) is 45.4 Å². The van der Waals surface area contributed by atoms with Crippen molar-refractivity contribution in [3.8, 4) is 5.69 Å². The Morgan fingerprint density at radius 2 is 1.11 bits per heavy atom. The zero-order valence-corrected chi connectivity index (χ0v) is 26.9. The van der Waals surface area contributed by atoms with Gasteiger partial charge in [0.25, 0.3) is 6.71 Å². The number of hydrogen-bond acceptors (Lipinski definition) is 2. The van der Waals surface area contributed by atoms with Crippen LogP contribution in [0.2, 0.25) is 0 Å². The summed E-state index contributed by atoms with van der Waals surface area (Å²) in [6, 6.07) is 47.3. The summed E-state index contributed by atoms with van der Waals surface area (Å²) in [6.45, 7) is 7.13. The van der Waals surface area contributed by atoms with Crippen LogP contribution >= 0.6 is 0 Å². The van der Waals surface area contributed by atoms with Crippen molar-refractivity contribution in [3.05, 3.63) is 144 Å². The first kappa shape index (κ1) is 27.4. The van der Waals surface area contributed by atoms with E-state index in [0.29, 0.717) is 0 Å². The topological polar surface area (TPSA) is 11.4 Å². The largest absolute Gasteiger partial charge is 0.323 e. The zero-order chi connectivity index (χ0) is 31.0. The van der Waals surface area contributed by atoms with Gasteiger partial charge in [-0.3, -0.25) is 0 Å². The summed E-state index contributed by atoms with van der Waals surface area (Å²) in [6.07, 6.45) is 4.65. The molecule has 3 aliphatic rings. The second kappa shape index (κ2) is 10.3. The molecule has 3 nitrogen and oxygen atoms in total. The van der Waals surface area contributed by atoms with Gasteiger partial charge in [-0.1, -0.05) is 93.6 Å². The third-order valence-electron chi connectivity index (χ3n) is 10.3. The van der Waals surface area contributed by atoms with Crippen molar-refractivity contribution in [1.82, 2.24) is 4.57 Å². The Kier molecular flexibility index (Phi) is 6.12. The maximum Gasteiger partial charge on any atom is 0.273 e. The van der Waals surface area contributed by atoms with Gasteiger partial charge in [-0.25, -0.2) is 0 Å². The van der Waals surface area contributed by atoms with Crippen molar-refractivity contribution < 1.29 is 0 Å².